The maximum atomic E-state index is 12.3. The summed E-state index contributed by atoms with van der Waals surface area (Å²) in [5, 5.41) is 10.5. The van der Waals surface area contributed by atoms with Crippen LogP contribution in [0.5, 0.6) is 0 Å². The predicted octanol–water partition coefficient (Wildman–Crippen LogP) is 0.215. The zero-order valence-corrected chi connectivity index (χ0v) is 11.4. The number of carboxylic acid groups (broad SMARTS) is 1. The summed E-state index contributed by atoms with van der Waals surface area (Å²) in [6, 6.07) is 3.02. The molecule has 18 heavy (non-hydrogen) atoms. The van der Waals surface area contributed by atoms with Gasteiger partial charge in [0.15, 0.2) is 0 Å². The van der Waals surface area contributed by atoms with E-state index < -0.39 is 16.0 Å². The van der Waals surface area contributed by atoms with E-state index in [2.05, 4.69) is 0 Å². The zero-order valence-electron chi connectivity index (χ0n) is 9.79. The highest BCUT2D eigenvalue weighted by molar-refractivity contribution is 7.91. The van der Waals surface area contributed by atoms with Gasteiger partial charge in [-0.15, -0.1) is 11.3 Å². The summed E-state index contributed by atoms with van der Waals surface area (Å²) < 4.78 is 26.2. The van der Waals surface area contributed by atoms with Crippen LogP contribution in [-0.2, 0) is 21.2 Å². The highest BCUT2D eigenvalue weighted by atomic mass is 32.2. The lowest BCUT2D eigenvalue weighted by Crippen LogP contribution is -2.35. The Hall–Kier alpha value is -0.920. The molecule has 1 saturated heterocycles. The second-order valence-electron chi connectivity index (χ2n) is 4.23. The van der Waals surface area contributed by atoms with Crippen LogP contribution < -0.4 is 5.11 Å². The van der Waals surface area contributed by atoms with Gasteiger partial charge in [-0.25, -0.2) is 8.42 Å². The van der Waals surface area contributed by atoms with Gasteiger partial charge in [-0.2, -0.15) is 4.31 Å². The molecule has 1 aliphatic heterocycles. The van der Waals surface area contributed by atoms with E-state index in [1.165, 1.54) is 16.4 Å². The first-order valence-electron chi connectivity index (χ1n) is 5.79. The van der Waals surface area contributed by atoms with Crippen molar-refractivity contribution in [1.82, 2.24) is 4.31 Å². The number of carbonyl (C=O) groups is 1. The van der Waals surface area contributed by atoms with Crippen molar-refractivity contribution in [3.63, 3.8) is 0 Å². The first kappa shape index (κ1) is 13.5. The van der Waals surface area contributed by atoms with Crippen molar-refractivity contribution in [2.75, 3.05) is 13.1 Å². The average Bonchev–Trinajstić information content (AvgIpc) is 2.78. The highest BCUT2D eigenvalue weighted by Gasteiger charge is 2.27. The number of piperidine rings is 1. The summed E-state index contributed by atoms with van der Waals surface area (Å²) >= 11 is 1.01. The van der Waals surface area contributed by atoms with Crippen molar-refractivity contribution in [1.29, 1.82) is 0 Å². The second-order valence-corrected chi connectivity index (χ2v) is 7.57. The third-order valence-electron chi connectivity index (χ3n) is 2.86. The van der Waals surface area contributed by atoms with Gasteiger partial charge >= 0.3 is 0 Å². The minimum atomic E-state index is -3.44. The maximum Gasteiger partial charge on any atom is 0.252 e. The molecule has 1 fully saturated rings. The van der Waals surface area contributed by atoms with Crippen molar-refractivity contribution in [3.8, 4) is 0 Å². The summed E-state index contributed by atoms with van der Waals surface area (Å²) in [4.78, 5) is 11.0. The smallest absolute Gasteiger partial charge is 0.252 e. The van der Waals surface area contributed by atoms with Crippen LogP contribution in [0.1, 0.15) is 24.1 Å². The molecule has 2 rings (SSSR count). The molecule has 0 aromatic carbocycles. The molecule has 7 heteroatoms. The van der Waals surface area contributed by atoms with E-state index in [4.69, 9.17) is 0 Å². The van der Waals surface area contributed by atoms with Gasteiger partial charge in [0, 0.05) is 30.4 Å². The Kier molecular flexibility index (Phi) is 4.04. The van der Waals surface area contributed by atoms with Crippen LogP contribution in [0.3, 0.4) is 0 Å². The number of hydrogen-bond donors (Lipinski definition) is 0. The van der Waals surface area contributed by atoms with E-state index in [1.807, 2.05) is 0 Å². The molecule has 0 spiro atoms. The number of carboxylic acids is 1. The molecule has 100 valence electrons. The molecule has 5 nitrogen and oxygen atoms in total. The normalized spacial score (nSPS) is 17.8. The third kappa shape index (κ3) is 2.90. The SMILES string of the molecule is O=C([O-])Cc1ccc(S(=O)(=O)N2CCCCC2)s1. The van der Waals surface area contributed by atoms with Crippen LogP contribution in [0.15, 0.2) is 16.3 Å². The first-order chi connectivity index (χ1) is 8.50. The summed E-state index contributed by atoms with van der Waals surface area (Å²) in [5.41, 5.74) is 0. The monoisotopic (exact) mass is 288 g/mol. The number of carbonyl (C=O) groups excluding carboxylic acids is 1. The quantitative estimate of drug-likeness (QED) is 0.794. The Balaban J connectivity index is 2.18. The van der Waals surface area contributed by atoms with Crippen LogP contribution in [0.4, 0.5) is 0 Å². The lowest BCUT2D eigenvalue weighted by molar-refractivity contribution is -0.304. The molecule has 0 aliphatic carbocycles. The van der Waals surface area contributed by atoms with Crippen LogP contribution in [0.25, 0.3) is 0 Å². The molecule has 0 bridgehead atoms. The van der Waals surface area contributed by atoms with Crippen molar-refractivity contribution >= 4 is 27.3 Å². The molecular formula is C11H14NO4S2-. The molecule has 1 aromatic heterocycles. The lowest BCUT2D eigenvalue weighted by Gasteiger charge is -2.25. The van der Waals surface area contributed by atoms with Crippen LogP contribution >= 0.6 is 11.3 Å². The molecule has 0 saturated carbocycles. The Labute approximate surface area is 110 Å². The van der Waals surface area contributed by atoms with E-state index >= 15 is 0 Å². The number of thiophene rings is 1. The fourth-order valence-electron chi connectivity index (χ4n) is 1.97. The second kappa shape index (κ2) is 5.38. The highest BCUT2D eigenvalue weighted by Crippen LogP contribution is 2.27. The van der Waals surface area contributed by atoms with Crippen LogP contribution in [0.2, 0.25) is 0 Å². The van der Waals surface area contributed by atoms with E-state index in [1.54, 1.807) is 0 Å². The Morgan fingerprint density at radius 2 is 1.94 bits per heavy atom. The molecule has 1 aliphatic rings. The maximum absolute atomic E-state index is 12.3. The van der Waals surface area contributed by atoms with Gasteiger partial charge in [0.05, 0.1) is 0 Å². The molecule has 0 unspecified atom stereocenters. The van der Waals surface area contributed by atoms with E-state index in [9.17, 15) is 18.3 Å². The number of nitrogens with zero attached hydrogens (tertiary/aromatic N) is 1. The summed E-state index contributed by atoms with van der Waals surface area (Å²) in [6.07, 6.45) is 2.60. The van der Waals surface area contributed by atoms with Gasteiger partial charge in [-0.3, -0.25) is 0 Å². The fourth-order valence-corrected chi connectivity index (χ4v) is 4.98. The summed E-state index contributed by atoms with van der Waals surface area (Å²) in [5.74, 6) is -1.20. The molecule has 0 radical (unpaired) electrons. The van der Waals surface area contributed by atoms with Gasteiger partial charge in [-0.05, 0) is 25.0 Å². The predicted molar refractivity (Wildman–Crippen MR) is 65.6 cm³/mol. The number of rotatable bonds is 4. The summed E-state index contributed by atoms with van der Waals surface area (Å²) in [6.45, 7) is 1.10. The van der Waals surface area contributed by atoms with Crippen molar-refractivity contribution in [3.05, 3.63) is 17.0 Å². The van der Waals surface area contributed by atoms with Crippen molar-refractivity contribution in [2.45, 2.75) is 29.9 Å². The van der Waals surface area contributed by atoms with E-state index in [0.29, 0.717) is 18.0 Å². The molecular weight excluding hydrogens is 274 g/mol. The largest absolute Gasteiger partial charge is 0.550 e. The van der Waals surface area contributed by atoms with Gasteiger partial charge < -0.3 is 9.90 Å². The number of hydrogen-bond acceptors (Lipinski definition) is 5. The van der Waals surface area contributed by atoms with Gasteiger partial charge in [0.2, 0.25) is 0 Å². The van der Waals surface area contributed by atoms with Gasteiger partial charge in [-0.1, -0.05) is 6.42 Å². The van der Waals surface area contributed by atoms with Gasteiger partial charge in [0.1, 0.15) is 4.21 Å². The zero-order chi connectivity index (χ0) is 13.2. The van der Waals surface area contributed by atoms with Crippen LogP contribution in [0, 0.1) is 0 Å². The standard InChI is InChI=1S/C11H15NO4S2/c13-10(14)8-9-4-5-11(17-9)18(15,16)12-6-2-1-3-7-12/h4-5H,1-3,6-8H2,(H,13,14)/p-1. The molecule has 0 atom stereocenters. The Morgan fingerprint density at radius 3 is 2.56 bits per heavy atom. The van der Waals surface area contributed by atoms with Crippen molar-refractivity contribution in [2.24, 2.45) is 0 Å². The van der Waals surface area contributed by atoms with E-state index in [0.717, 1.165) is 30.6 Å². The fraction of sp³-hybridized carbons (Fsp3) is 0.545. The van der Waals surface area contributed by atoms with E-state index in [-0.39, 0.29) is 10.6 Å². The minimum absolute atomic E-state index is 0.223. The average molecular weight is 288 g/mol. The molecule has 0 amide bonds. The number of sulfonamides is 1. The third-order valence-corrected chi connectivity index (χ3v) is 6.32. The Morgan fingerprint density at radius 1 is 1.28 bits per heavy atom. The van der Waals surface area contributed by atoms with Crippen LogP contribution in [-0.4, -0.2) is 31.8 Å². The molecule has 0 N–H and O–H groups in total. The van der Waals surface area contributed by atoms with Gasteiger partial charge in [0.25, 0.3) is 10.0 Å². The molecule has 2 heterocycles. The number of aliphatic carboxylic acids is 1. The topological polar surface area (TPSA) is 77.5 Å². The lowest BCUT2D eigenvalue weighted by atomic mass is 10.2. The van der Waals surface area contributed by atoms with Crippen molar-refractivity contribution < 1.29 is 18.3 Å². The molecule has 1 aromatic rings. The first-order valence-corrected chi connectivity index (χ1v) is 8.04. The Bertz CT molecular complexity index is 529. The summed E-state index contributed by atoms with van der Waals surface area (Å²) in [7, 11) is -3.44. The minimum Gasteiger partial charge on any atom is -0.550 e.